The molecular weight excluding hydrogens is 258 g/mol. The van der Waals surface area contributed by atoms with Crippen molar-refractivity contribution in [3.05, 3.63) is 54.1 Å². The molecule has 98 valence electrons. The predicted octanol–water partition coefficient (Wildman–Crippen LogP) is 3.51. The Bertz CT molecular complexity index is 567. The molecule has 19 heavy (non-hydrogen) atoms. The van der Waals surface area contributed by atoms with Gasteiger partial charge < -0.3 is 15.2 Å². The second kappa shape index (κ2) is 6.20. The molecule has 0 spiro atoms. The van der Waals surface area contributed by atoms with E-state index in [0.717, 1.165) is 11.3 Å². The van der Waals surface area contributed by atoms with E-state index in [2.05, 4.69) is 0 Å². The van der Waals surface area contributed by atoms with Gasteiger partial charge in [0, 0.05) is 5.56 Å². The summed E-state index contributed by atoms with van der Waals surface area (Å²) in [5.41, 5.74) is 6.37. The topological polar surface area (TPSA) is 44.5 Å². The molecule has 0 heterocycles. The standard InChI is InChI=1S/C15H15NO2S/c1-2-17-13-5-3-4-6-14(13)18-12-9-7-11(8-10-12)15(16)19/h3-10H,2H2,1H3,(H2,16,19). The van der Waals surface area contributed by atoms with E-state index in [1.54, 1.807) is 0 Å². The average molecular weight is 273 g/mol. The molecule has 2 rings (SSSR count). The highest BCUT2D eigenvalue weighted by atomic mass is 32.1. The van der Waals surface area contributed by atoms with Gasteiger partial charge in [0.2, 0.25) is 0 Å². The third-order valence-electron chi connectivity index (χ3n) is 2.52. The molecule has 2 N–H and O–H groups in total. The lowest BCUT2D eigenvalue weighted by Gasteiger charge is -2.11. The SMILES string of the molecule is CCOc1ccccc1Oc1ccc(C(N)=S)cc1. The molecule has 2 aromatic carbocycles. The molecule has 0 aromatic heterocycles. The van der Waals surface area contributed by atoms with Crippen molar-refractivity contribution >= 4 is 17.2 Å². The second-order valence-electron chi connectivity index (χ2n) is 3.87. The molecular formula is C15H15NO2S. The van der Waals surface area contributed by atoms with Gasteiger partial charge in [-0.05, 0) is 43.3 Å². The maximum atomic E-state index is 5.79. The Morgan fingerprint density at radius 3 is 2.26 bits per heavy atom. The Morgan fingerprint density at radius 1 is 1.05 bits per heavy atom. The van der Waals surface area contributed by atoms with Gasteiger partial charge in [-0.25, -0.2) is 0 Å². The third-order valence-corrected chi connectivity index (χ3v) is 2.75. The minimum Gasteiger partial charge on any atom is -0.490 e. The Balaban J connectivity index is 2.19. The van der Waals surface area contributed by atoms with Crippen LogP contribution in [0.5, 0.6) is 17.2 Å². The van der Waals surface area contributed by atoms with E-state index >= 15 is 0 Å². The average Bonchev–Trinajstić information content (AvgIpc) is 2.42. The molecule has 0 aliphatic carbocycles. The van der Waals surface area contributed by atoms with Gasteiger partial charge in [-0.3, -0.25) is 0 Å². The Kier molecular flexibility index (Phi) is 4.36. The van der Waals surface area contributed by atoms with Crippen LogP contribution in [0.4, 0.5) is 0 Å². The molecule has 0 aliphatic rings. The van der Waals surface area contributed by atoms with E-state index in [9.17, 15) is 0 Å². The molecule has 0 saturated heterocycles. The molecule has 0 unspecified atom stereocenters. The van der Waals surface area contributed by atoms with Crippen LogP contribution in [0.3, 0.4) is 0 Å². The quantitative estimate of drug-likeness (QED) is 0.847. The Morgan fingerprint density at radius 2 is 1.68 bits per heavy atom. The van der Waals surface area contributed by atoms with Crippen LogP contribution in [0.15, 0.2) is 48.5 Å². The van der Waals surface area contributed by atoms with Gasteiger partial charge in [0.05, 0.1) is 6.61 Å². The monoisotopic (exact) mass is 273 g/mol. The van der Waals surface area contributed by atoms with Crippen molar-refractivity contribution in [2.24, 2.45) is 5.73 Å². The predicted molar refractivity (Wildman–Crippen MR) is 80.0 cm³/mol. The third kappa shape index (κ3) is 3.45. The number of ether oxygens (including phenoxy) is 2. The van der Waals surface area contributed by atoms with Crippen molar-refractivity contribution in [1.82, 2.24) is 0 Å². The lowest BCUT2D eigenvalue weighted by Crippen LogP contribution is -2.08. The summed E-state index contributed by atoms with van der Waals surface area (Å²) >= 11 is 4.91. The number of hydrogen-bond donors (Lipinski definition) is 1. The van der Waals surface area contributed by atoms with Crippen LogP contribution < -0.4 is 15.2 Å². The zero-order valence-electron chi connectivity index (χ0n) is 10.6. The number of rotatable bonds is 5. The van der Waals surface area contributed by atoms with E-state index in [0.29, 0.717) is 23.1 Å². The Labute approximate surface area is 118 Å². The van der Waals surface area contributed by atoms with E-state index in [4.69, 9.17) is 27.4 Å². The van der Waals surface area contributed by atoms with Crippen LogP contribution in [0.2, 0.25) is 0 Å². The minimum absolute atomic E-state index is 0.376. The number of nitrogens with two attached hydrogens (primary N) is 1. The lowest BCUT2D eigenvalue weighted by molar-refractivity contribution is 0.321. The first kappa shape index (κ1) is 13.4. The first-order valence-electron chi connectivity index (χ1n) is 6.00. The molecule has 3 nitrogen and oxygen atoms in total. The molecule has 0 amide bonds. The number of hydrogen-bond acceptors (Lipinski definition) is 3. The van der Waals surface area contributed by atoms with Crippen molar-refractivity contribution in [1.29, 1.82) is 0 Å². The summed E-state index contributed by atoms with van der Waals surface area (Å²) in [5.74, 6) is 2.13. The molecule has 4 heteroatoms. The van der Waals surface area contributed by atoms with Gasteiger partial charge in [-0.15, -0.1) is 0 Å². The van der Waals surface area contributed by atoms with Crippen LogP contribution in [0.25, 0.3) is 0 Å². The molecule has 0 bridgehead atoms. The highest BCUT2D eigenvalue weighted by Gasteiger charge is 2.05. The van der Waals surface area contributed by atoms with Crippen LogP contribution in [0.1, 0.15) is 12.5 Å². The molecule has 0 radical (unpaired) electrons. The van der Waals surface area contributed by atoms with Crippen molar-refractivity contribution < 1.29 is 9.47 Å². The number of para-hydroxylation sites is 2. The lowest BCUT2D eigenvalue weighted by atomic mass is 10.2. The highest BCUT2D eigenvalue weighted by molar-refractivity contribution is 7.80. The van der Waals surface area contributed by atoms with Gasteiger partial charge in [0.15, 0.2) is 11.5 Å². The fourth-order valence-electron chi connectivity index (χ4n) is 1.62. The summed E-state index contributed by atoms with van der Waals surface area (Å²) in [5, 5.41) is 0. The summed E-state index contributed by atoms with van der Waals surface area (Å²) in [6, 6.07) is 14.9. The number of thiocarbonyl (C=S) groups is 1. The second-order valence-corrected chi connectivity index (χ2v) is 4.31. The van der Waals surface area contributed by atoms with Crippen molar-refractivity contribution in [3.8, 4) is 17.2 Å². The molecule has 0 aliphatic heterocycles. The van der Waals surface area contributed by atoms with Crippen LogP contribution in [-0.2, 0) is 0 Å². The summed E-state index contributed by atoms with van der Waals surface area (Å²) in [7, 11) is 0. The maximum absolute atomic E-state index is 5.79. The summed E-state index contributed by atoms with van der Waals surface area (Å²) in [6.45, 7) is 2.54. The first-order chi connectivity index (χ1) is 9.20. The summed E-state index contributed by atoms with van der Waals surface area (Å²) in [6.07, 6.45) is 0. The van der Waals surface area contributed by atoms with Gasteiger partial charge >= 0.3 is 0 Å². The van der Waals surface area contributed by atoms with Crippen LogP contribution in [0, 0.1) is 0 Å². The molecule has 0 saturated carbocycles. The summed E-state index contributed by atoms with van der Waals surface area (Å²) < 4.78 is 11.3. The smallest absolute Gasteiger partial charge is 0.169 e. The van der Waals surface area contributed by atoms with Gasteiger partial charge in [-0.2, -0.15) is 0 Å². The van der Waals surface area contributed by atoms with E-state index in [1.165, 1.54) is 0 Å². The summed E-state index contributed by atoms with van der Waals surface area (Å²) in [4.78, 5) is 0.376. The first-order valence-corrected chi connectivity index (χ1v) is 6.41. The Hall–Kier alpha value is -2.07. The highest BCUT2D eigenvalue weighted by Crippen LogP contribution is 2.31. The van der Waals surface area contributed by atoms with Crippen molar-refractivity contribution in [2.45, 2.75) is 6.92 Å². The van der Waals surface area contributed by atoms with Gasteiger partial charge in [-0.1, -0.05) is 24.4 Å². The number of benzene rings is 2. The zero-order valence-corrected chi connectivity index (χ0v) is 11.4. The van der Waals surface area contributed by atoms with E-state index < -0.39 is 0 Å². The van der Waals surface area contributed by atoms with Crippen LogP contribution >= 0.6 is 12.2 Å². The molecule has 2 aromatic rings. The van der Waals surface area contributed by atoms with E-state index in [1.807, 2.05) is 55.5 Å². The van der Waals surface area contributed by atoms with Crippen molar-refractivity contribution in [2.75, 3.05) is 6.61 Å². The van der Waals surface area contributed by atoms with Gasteiger partial charge in [0.25, 0.3) is 0 Å². The minimum atomic E-state index is 0.376. The zero-order chi connectivity index (χ0) is 13.7. The fourth-order valence-corrected chi connectivity index (χ4v) is 1.76. The molecule has 0 atom stereocenters. The maximum Gasteiger partial charge on any atom is 0.169 e. The normalized spacial score (nSPS) is 9.95. The fraction of sp³-hybridized carbons (Fsp3) is 0.133. The largest absolute Gasteiger partial charge is 0.490 e. The van der Waals surface area contributed by atoms with E-state index in [-0.39, 0.29) is 0 Å². The van der Waals surface area contributed by atoms with Crippen molar-refractivity contribution in [3.63, 3.8) is 0 Å². The van der Waals surface area contributed by atoms with Crippen LogP contribution in [-0.4, -0.2) is 11.6 Å². The molecule has 0 fully saturated rings. The van der Waals surface area contributed by atoms with Gasteiger partial charge in [0.1, 0.15) is 10.7 Å².